The molecule has 0 aliphatic rings. The first-order valence-electron chi connectivity index (χ1n) is 12.8. The molecule has 0 spiro atoms. The predicted octanol–water partition coefficient (Wildman–Crippen LogP) is 2.71. The van der Waals surface area contributed by atoms with Gasteiger partial charge < -0.3 is 21.5 Å². The molecule has 0 saturated heterocycles. The minimum absolute atomic E-state index is 0.150. The number of aromatic nitrogens is 3. The minimum atomic E-state index is -3.02. The van der Waals surface area contributed by atoms with Crippen molar-refractivity contribution < 1.29 is 24.9 Å². The summed E-state index contributed by atoms with van der Waals surface area (Å²) in [4.78, 5) is 24.4. The number of nitrogens with one attached hydrogen (secondary N) is 2. The second-order valence-electron chi connectivity index (χ2n) is 6.21. The van der Waals surface area contributed by atoms with Gasteiger partial charge >= 0.3 is 6.09 Å². The number of benzene rings is 1. The number of hydrogen-bond donors (Lipinski definition) is 4. The Balaban J connectivity index is 2.20. The molecule has 2 heterocycles. The van der Waals surface area contributed by atoms with Gasteiger partial charge in [0.05, 0.1) is 18.1 Å². The Labute approximate surface area is 195 Å². The monoisotopic (exact) mass is 446 g/mol. The average Bonchev–Trinajstić information content (AvgIpc) is 2.88. The lowest BCUT2D eigenvalue weighted by Crippen LogP contribution is -2.29. The summed E-state index contributed by atoms with van der Waals surface area (Å²) in [6.07, 6.45) is -1.65. The summed E-state index contributed by atoms with van der Waals surface area (Å²) < 4.78 is 84.4. The van der Waals surface area contributed by atoms with Gasteiger partial charge in [-0.3, -0.25) is 10.3 Å². The van der Waals surface area contributed by atoms with Crippen molar-refractivity contribution in [2.24, 2.45) is 0 Å². The van der Waals surface area contributed by atoms with Gasteiger partial charge in [0.25, 0.3) is 0 Å². The smallest absolute Gasteiger partial charge is 0.413 e. The van der Waals surface area contributed by atoms with Crippen LogP contribution in [0.15, 0.2) is 36.4 Å². The summed E-state index contributed by atoms with van der Waals surface area (Å²) in [6, 6.07) is -3.78. The second kappa shape index (κ2) is 9.25. The zero-order chi connectivity index (χ0) is 30.4. The molecule has 0 atom stereocenters. The number of halogens is 1. The van der Waals surface area contributed by atoms with Gasteiger partial charge in [0.2, 0.25) is 0 Å². The zero-order valence-electron chi connectivity index (χ0n) is 25.1. The highest BCUT2D eigenvalue weighted by molar-refractivity contribution is 6.12. The molecule has 0 unspecified atom stereocenters. The van der Waals surface area contributed by atoms with Gasteiger partial charge in [0.15, 0.2) is 17.5 Å². The first-order valence-corrected chi connectivity index (χ1v) is 8.82. The molecule has 1 amide bonds. The Morgan fingerprint density at radius 3 is 2.69 bits per heavy atom. The Kier molecular flexibility index (Phi) is 4.02. The molecule has 166 valence electrons. The van der Waals surface area contributed by atoms with Crippen molar-refractivity contribution in [2.45, 2.75) is 13.4 Å². The molecular formula is C21H23FN8O2. The summed E-state index contributed by atoms with van der Waals surface area (Å²) in [5.74, 6) is -3.44. The third-order valence-electron chi connectivity index (χ3n) is 4.04. The molecule has 32 heavy (non-hydrogen) atoms. The van der Waals surface area contributed by atoms with Crippen LogP contribution in [0, 0.1) is 18.2 Å². The topological polar surface area (TPSA) is 156 Å². The fourth-order valence-electron chi connectivity index (χ4n) is 2.54. The summed E-state index contributed by atoms with van der Waals surface area (Å²) in [6.45, 7) is -1.78. The number of ether oxygens (including phenoxy) is 1. The van der Waals surface area contributed by atoms with Crippen LogP contribution in [-0.2, 0) is 11.2 Å². The number of methoxy groups -OCH3 is 1. The van der Waals surface area contributed by atoms with E-state index in [1.54, 1.807) is 0 Å². The molecule has 2 aromatic heterocycles. The van der Waals surface area contributed by atoms with Crippen molar-refractivity contribution in [1.29, 1.82) is 5.41 Å². The first-order chi connectivity index (χ1) is 18.5. The van der Waals surface area contributed by atoms with Crippen LogP contribution in [0.5, 0.6) is 0 Å². The molecule has 0 aliphatic heterocycles. The van der Waals surface area contributed by atoms with E-state index in [-0.39, 0.29) is 22.9 Å². The van der Waals surface area contributed by atoms with Gasteiger partial charge in [-0.05, 0) is 25.1 Å². The van der Waals surface area contributed by atoms with E-state index >= 15 is 0 Å². The number of nitrogens with two attached hydrogens (primary N) is 2. The Hall–Kier alpha value is -4.28. The summed E-state index contributed by atoms with van der Waals surface area (Å²) in [5.41, 5.74) is 9.26. The van der Waals surface area contributed by atoms with Crippen LogP contribution in [0.25, 0.3) is 0 Å². The van der Waals surface area contributed by atoms with E-state index < -0.39 is 83.3 Å². The van der Waals surface area contributed by atoms with Crippen LogP contribution in [0.2, 0.25) is 0 Å². The minimum Gasteiger partial charge on any atom is -0.452 e. The van der Waals surface area contributed by atoms with Gasteiger partial charge in [-0.1, -0.05) is 17.6 Å². The fraction of sp³-hybridized carbons (Fsp3) is 0.190. The van der Waals surface area contributed by atoms with Crippen LogP contribution in [0.4, 0.5) is 32.3 Å². The normalized spacial score (nSPS) is 14.5. The summed E-state index contributed by atoms with van der Waals surface area (Å²) in [5, 5.41) is 10.8. The Morgan fingerprint density at radius 2 is 2.03 bits per heavy atom. The molecular weight excluding hydrogens is 415 g/mol. The van der Waals surface area contributed by atoms with Crippen LogP contribution in [0.3, 0.4) is 0 Å². The molecule has 1 aromatic carbocycles. The van der Waals surface area contributed by atoms with Gasteiger partial charge in [0, 0.05) is 30.8 Å². The zero-order valence-corrected chi connectivity index (χ0v) is 17.1. The van der Waals surface area contributed by atoms with Gasteiger partial charge in [0.1, 0.15) is 23.0 Å². The van der Waals surface area contributed by atoms with Crippen molar-refractivity contribution in [3.63, 3.8) is 0 Å². The number of nitrogen functional groups attached to an aromatic ring is 2. The second-order valence-corrected chi connectivity index (χ2v) is 6.21. The first kappa shape index (κ1) is 13.9. The number of anilines is 4. The van der Waals surface area contributed by atoms with Crippen molar-refractivity contribution >= 4 is 34.9 Å². The third kappa shape index (κ3) is 4.56. The van der Waals surface area contributed by atoms with E-state index in [9.17, 15) is 9.18 Å². The highest BCUT2D eigenvalue weighted by Crippen LogP contribution is 2.28. The summed E-state index contributed by atoms with van der Waals surface area (Å²) >= 11 is 0. The van der Waals surface area contributed by atoms with E-state index in [4.69, 9.17) is 27.8 Å². The largest absolute Gasteiger partial charge is 0.452 e. The van der Waals surface area contributed by atoms with Crippen molar-refractivity contribution in [2.75, 3.05) is 35.8 Å². The van der Waals surface area contributed by atoms with E-state index in [2.05, 4.69) is 25.0 Å². The van der Waals surface area contributed by atoms with Crippen molar-refractivity contribution in [1.82, 2.24) is 15.0 Å². The fourth-order valence-corrected chi connectivity index (χ4v) is 2.54. The number of rotatable bonds is 6. The molecule has 0 aliphatic carbocycles. The van der Waals surface area contributed by atoms with E-state index in [0.717, 1.165) is 12.0 Å². The maximum atomic E-state index is 15.0. The van der Waals surface area contributed by atoms with E-state index in [0.29, 0.717) is 0 Å². The molecule has 3 rings (SSSR count). The molecule has 10 nitrogen and oxygen atoms in total. The van der Waals surface area contributed by atoms with Gasteiger partial charge in [-0.25, -0.2) is 24.1 Å². The number of carbonyl (C=O) groups is 1. The third-order valence-corrected chi connectivity index (χ3v) is 4.04. The lowest BCUT2D eigenvalue weighted by atomic mass is 10.1. The maximum Gasteiger partial charge on any atom is 0.413 e. The van der Waals surface area contributed by atoms with Gasteiger partial charge in [-0.2, -0.15) is 0 Å². The molecule has 0 fully saturated rings. The van der Waals surface area contributed by atoms with E-state index in [1.165, 1.54) is 14.0 Å². The lowest BCUT2D eigenvalue weighted by Gasteiger charge is -2.19. The number of pyridine rings is 1. The molecule has 0 saturated carbocycles. The van der Waals surface area contributed by atoms with Crippen molar-refractivity contribution in [3.05, 3.63) is 64.7 Å². The van der Waals surface area contributed by atoms with E-state index in [1.807, 2.05) is 0 Å². The Morgan fingerprint density at radius 1 is 1.34 bits per heavy atom. The average molecular weight is 447 g/mol. The van der Waals surface area contributed by atoms with Crippen LogP contribution < -0.4 is 21.7 Å². The molecule has 0 bridgehead atoms. The number of hydrogen-bond acceptors (Lipinski definition) is 9. The number of carbonyl (C=O) groups excluding carboxylic acids is 1. The Bertz CT molecular complexity index is 1520. The number of amides is 1. The molecule has 6 N–H and O–H groups in total. The molecule has 11 heteroatoms. The standard InChI is InChI=1S/C21H23FN8O2/c1-11-6-7-14(22)12(9-11)10-27-19-13(5-4-8-26-19)15(23)20-28-17(24)16(18(25)29-20)30(2)21(31)32-3/h4-9,23H,10H2,1-3H3,(H,26,27)(H4,24,25,28,29)/i4D,5D,6D,7D,8D,9D,10D2. The van der Waals surface area contributed by atoms with Crippen molar-refractivity contribution in [3.8, 4) is 0 Å². The molecule has 3 aromatic rings. The van der Waals surface area contributed by atoms with Gasteiger partial charge in [-0.15, -0.1) is 0 Å². The highest BCUT2D eigenvalue weighted by atomic mass is 19.1. The SMILES string of the molecule is [2H]c1nc(NC([2H])([2H])c2c([2H])c(C)c([2H])c([2H])c2F)c(C(=N)c2nc(N)c(N(C)C(=O)OC)c(N)n2)c([2H])c1[2H]. The maximum absolute atomic E-state index is 15.0. The quantitative estimate of drug-likeness (QED) is 0.421. The predicted molar refractivity (Wildman–Crippen MR) is 120 cm³/mol. The van der Waals surface area contributed by atoms with Crippen LogP contribution in [-0.4, -0.2) is 40.9 Å². The number of nitrogens with zero attached hydrogens (tertiary/aromatic N) is 4. The molecule has 0 radical (unpaired) electrons. The lowest BCUT2D eigenvalue weighted by molar-refractivity contribution is 0.180. The van der Waals surface area contributed by atoms with Crippen LogP contribution >= 0.6 is 0 Å². The summed E-state index contributed by atoms with van der Waals surface area (Å²) in [7, 11) is 2.39. The highest BCUT2D eigenvalue weighted by Gasteiger charge is 2.22. The van der Waals surface area contributed by atoms with Crippen LogP contribution in [0.1, 0.15) is 33.5 Å².